The average molecular weight is 250 g/mol. The normalized spacial score (nSPS) is 10.9. The molecule has 18 heavy (non-hydrogen) atoms. The van der Waals surface area contributed by atoms with Gasteiger partial charge in [-0.15, -0.1) is 0 Å². The molecule has 0 aliphatic heterocycles. The molecule has 0 fully saturated rings. The first kappa shape index (κ1) is 14.2. The van der Waals surface area contributed by atoms with Gasteiger partial charge < -0.3 is 10.1 Å². The zero-order valence-electron chi connectivity index (χ0n) is 11.3. The molecule has 1 aromatic heterocycles. The summed E-state index contributed by atoms with van der Waals surface area (Å²) in [5, 5.41) is 2.56. The maximum Gasteiger partial charge on any atom is 0.308 e. The minimum atomic E-state index is -0.452. The van der Waals surface area contributed by atoms with Crippen LogP contribution in [0.5, 0.6) is 5.75 Å². The van der Waals surface area contributed by atoms with Gasteiger partial charge in [0.25, 0.3) is 0 Å². The molecule has 0 aromatic carbocycles. The highest BCUT2D eigenvalue weighted by Gasteiger charge is 2.19. The monoisotopic (exact) mass is 250 g/mol. The molecular formula is C13H18N2O3. The minimum absolute atomic E-state index is 0.151. The van der Waals surface area contributed by atoms with E-state index in [1.165, 1.54) is 13.8 Å². The average Bonchev–Trinajstić information content (AvgIpc) is 2.17. The highest BCUT2D eigenvalue weighted by molar-refractivity contribution is 5.89. The molecule has 1 rings (SSSR count). The van der Waals surface area contributed by atoms with Crippen molar-refractivity contribution in [3.05, 3.63) is 17.8 Å². The quantitative estimate of drug-likeness (QED) is 0.817. The van der Waals surface area contributed by atoms with E-state index in [-0.39, 0.29) is 22.9 Å². The van der Waals surface area contributed by atoms with Crippen LogP contribution in [0.3, 0.4) is 0 Å². The molecule has 0 atom stereocenters. The van der Waals surface area contributed by atoms with E-state index in [4.69, 9.17) is 4.74 Å². The van der Waals surface area contributed by atoms with Crippen molar-refractivity contribution in [2.75, 3.05) is 5.32 Å². The number of amides is 1. The van der Waals surface area contributed by atoms with Crippen molar-refractivity contribution in [3.8, 4) is 5.75 Å². The Kier molecular flexibility index (Phi) is 4.06. The summed E-state index contributed by atoms with van der Waals surface area (Å²) in [6.45, 7) is 8.72. The van der Waals surface area contributed by atoms with Crippen LogP contribution in [-0.4, -0.2) is 16.9 Å². The SMILES string of the molecule is CC(=O)Nc1nc(C(C)(C)C)ccc1OC(C)=O. The molecule has 0 bridgehead atoms. The van der Waals surface area contributed by atoms with Crippen LogP contribution in [0.25, 0.3) is 0 Å². The Morgan fingerprint density at radius 2 is 1.83 bits per heavy atom. The predicted octanol–water partition coefficient (Wildman–Crippen LogP) is 2.26. The number of ether oxygens (including phenoxy) is 1. The van der Waals surface area contributed by atoms with Gasteiger partial charge in [0.15, 0.2) is 11.6 Å². The van der Waals surface area contributed by atoms with Gasteiger partial charge in [-0.1, -0.05) is 20.8 Å². The van der Waals surface area contributed by atoms with Gasteiger partial charge in [0.1, 0.15) is 0 Å². The van der Waals surface area contributed by atoms with E-state index in [0.717, 1.165) is 5.69 Å². The molecule has 1 amide bonds. The molecule has 1 aromatic rings. The first-order valence-electron chi connectivity index (χ1n) is 5.67. The minimum Gasteiger partial charge on any atom is -0.423 e. The molecule has 98 valence electrons. The van der Waals surface area contributed by atoms with Gasteiger partial charge in [0.05, 0.1) is 0 Å². The highest BCUT2D eigenvalue weighted by atomic mass is 16.5. The zero-order valence-corrected chi connectivity index (χ0v) is 11.3. The molecule has 0 aliphatic rings. The van der Waals surface area contributed by atoms with Crippen molar-refractivity contribution in [1.82, 2.24) is 4.98 Å². The van der Waals surface area contributed by atoms with Crippen molar-refractivity contribution in [2.24, 2.45) is 0 Å². The third-order valence-electron chi connectivity index (χ3n) is 2.17. The Balaban J connectivity index is 3.20. The molecular weight excluding hydrogens is 232 g/mol. The first-order chi connectivity index (χ1) is 8.20. The number of pyridine rings is 1. The topological polar surface area (TPSA) is 68.3 Å². The number of anilines is 1. The molecule has 0 saturated carbocycles. The molecule has 0 spiro atoms. The number of nitrogens with one attached hydrogen (secondary N) is 1. The fraction of sp³-hybridized carbons (Fsp3) is 0.462. The van der Waals surface area contributed by atoms with Gasteiger partial charge in [-0.3, -0.25) is 9.59 Å². The second-order valence-corrected chi connectivity index (χ2v) is 5.07. The van der Waals surface area contributed by atoms with Crippen molar-refractivity contribution in [3.63, 3.8) is 0 Å². The van der Waals surface area contributed by atoms with Crippen molar-refractivity contribution < 1.29 is 14.3 Å². The summed E-state index contributed by atoms with van der Waals surface area (Å²) in [4.78, 5) is 26.4. The van der Waals surface area contributed by atoms with Gasteiger partial charge in [0, 0.05) is 25.0 Å². The number of carbonyl (C=O) groups excluding carboxylic acids is 2. The molecule has 5 heteroatoms. The summed E-state index contributed by atoms with van der Waals surface area (Å²) in [5.74, 6) is -0.190. The number of aromatic nitrogens is 1. The lowest BCUT2D eigenvalue weighted by Crippen LogP contribution is -2.17. The van der Waals surface area contributed by atoms with E-state index < -0.39 is 5.97 Å². The molecule has 1 heterocycles. The van der Waals surface area contributed by atoms with E-state index in [0.29, 0.717) is 0 Å². The zero-order chi connectivity index (χ0) is 13.9. The van der Waals surface area contributed by atoms with Crippen molar-refractivity contribution >= 4 is 17.7 Å². The predicted molar refractivity (Wildman–Crippen MR) is 68.5 cm³/mol. The maximum atomic E-state index is 11.1. The summed E-state index contributed by atoms with van der Waals surface area (Å²) in [5.41, 5.74) is 0.657. The molecule has 0 aliphatic carbocycles. The molecule has 0 unspecified atom stereocenters. The lowest BCUT2D eigenvalue weighted by atomic mass is 9.91. The number of carbonyl (C=O) groups is 2. The van der Waals surface area contributed by atoms with Crippen LogP contribution in [0, 0.1) is 0 Å². The van der Waals surface area contributed by atoms with Crippen molar-refractivity contribution in [2.45, 2.75) is 40.0 Å². The fourth-order valence-electron chi connectivity index (χ4n) is 1.36. The smallest absolute Gasteiger partial charge is 0.308 e. The lowest BCUT2D eigenvalue weighted by Gasteiger charge is -2.19. The third-order valence-corrected chi connectivity index (χ3v) is 2.17. The summed E-state index contributed by atoms with van der Waals surface area (Å²) >= 11 is 0. The Morgan fingerprint density at radius 1 is 1.22 bits per heavy atom. The van der Waals surface area contributed by atoms with Crippen LogP contribution in [0.4, 0.5) is 5.82 Å². The number of hydrogen-bond donors (Lipinski definition) is 1. The summed E-state index contributed by atoms with van der Waals surface area (Å²) in [6, 6.07) is 3.42. The Labute approximate surface area is 107 Å². The number of nitrogens with zero attached hydrogens (tertiary/aromatic N) is 1. The van der Waals surface area contributed by atoms with Gasteiger partial charge >= 0.3 is 5.97 Å². The summed E-state index contributed by atoms with van der Waals surface area (Å²) in [7, 11) is 0. The largest absolute Gasteiger partial charge is 0.423 e. The molecule has 0 saturated heterocycles. The van der Waals surface area contributed by atoms with Crippen LogP contribution < -0.4 is 10.1 Å². The second-order valence-electron chi connectivity index (χ2n) is 5.07. The van der Waals surface area contributed by atoms with Crippen LogP contribution in [0.2, 0.25) is 0 Å². The van der Waals surface area contributed by atoms with Crippen molar-refractivity contribution in [1.29, 1.82) is 0 Å². The number of esters is 1. The fourth-order valence-corrected chi connectivity index (χ4v) is 1.36. The molecule has 1 N–H and O–H groups in total. The van der Waals surface area contributed by atoms with Crippen LogP contribution in [-0.2, 0) is 15.0 Å². The Morgan fingerprint density at radius 3 is 2.28 bits per heavy atom. The first-order valence-corrected chi connectivity index (χ1v) is 5.67. The Bertz CT molecular complexity index is 476. The highest BCUT2D eigenvalue weighted by Crippen LogP contribution is 2.28. The lowest BCUT2D eigenvalue weighted by molar-refractivity contribution is -0.131. The van der Waals surface area contributed by atoms with Gasteiger partial charge in [-0.25, -0.2) is 4.98 Å². The van der Waals surface area contributed by atoms with E-state index >= 15 is 0 Å². The number of hydrogen-bond acceptors (Lipinski definition) is 4. The van der Waals surface area contributed by atoms with E-state index in [1.807, 2.05) is 20.8 Å². The summed E-state index contributed by atoms with van der Waals surface area (Å²) in [6.07, 6.45) is 0. The van der Waals surface area contributed by atoms with Gasteiger partial charge in [-0.2, -0.15) is 0 Å². The van der Waals surface area contributed by atoms with Crippen LogP contribution >= 0.6 is 0 Å². The summed E-state index contributed by atoms with van der Waals surface area (Å²) < 4.78 is 5.00. The van der Waals surface area contributed by atoms with E-state index in [1.54, 1.807) is 12.1 Å². The van der Waals surface area contributed by atoms with Gasteiger partial charge in [-0.05, 0) is 12.1 Å². The molecule has 0 radical (unpaired) electrons. The van der Waals surface area contributed by atoms with Crippen LogP contribution in [0.1, 0.15) is 40.3 Å². The standard InChI is InChI=1S/C13H18N2O3/c1-8(16)14-12-10(18-9(2)17)6-7-11(15-12)13(3,4)5/h6-7H,1-5H3,(H,14,15,16). The van der Waals surface area contributed by atoms with Crippen LogP contribution in [0.15, 0.2) is 12.1 Å². The van der Waals surface area contributed by atoms with E-state index in [9.17, 15) is 9.59 Å². The third kappa shape index (κ3) is 3.84. The Hall–Kier alpha value is -1.91. The second kappa shape index (κ2) is 5.16. The maximum absolute atomic E-state index is 11.1. The van der Waals surface area contributed by atoms with E-state index in [2.05, 4.69) is 10.3 Å². The number of rotatable bonds is 2. The molecule has 5 nitrogen and oxygen atoms in total. The van der Waals surface area contributed by atoms with Gasteiger partial charge in [0.2, 0.25) is 5.91 Å².